The van der Waals surface area contributed by atoms with Crippen molar-refractivity contribution in [3.63, 3.8) is 0 Å². The number of carboxylic acids is 1. The lowest BCUT2D eigenvalue weighted by Gasteiger charge is -2.05. The molecule has 2 aromatic rings. The van der Waals surface area contributed by atoms with Crippen LogP contribution in [0.2, 0.25) is 0 Å². The normalized spacial score (nSPS) is 10.3. The van der Waals surface area contributed by atoms with Gasteiger partial charge >= 0.3 is 5.97 Å². The van der Waals surface area contributed by atoms with Crippen LogP contribution in [0.15, 0.2) is 24.3 Å². The highest BCUT2D eigenvalue weighted by Crippen LogP contribution is 2.22. The molecule has 0 saturated carbocycles. The summed E-state index contributed by atoms with van der Waals surface area (Å²) in [6, 6.07) is 3.39. The van der Waals surface area contributed by atoms with Gasteiger partial charge in [-0.1, -0.05) is 0 Å². The van der Waals surface area contributed by atoms with E-state index in [2.05, 4.69) is 0 Å². The summed E-state index contributed by atoms with van der Waals surface area (Å²) >= 11 is 0.661. The van der Waals surface area contributed by atoms with Crippen LogP contribution >= 0.6 is 11.3 Å². The van der Waals surface area contributed by atoms with Crippen molar-refractivity contribution in [2.24, 2.45) is 0 Å². The molecular formula is C12H6F3NO3S. The SMILES string of the molecule is O=C(O)c1ccc(C(=O)Nc2cc(F)cc(F)c2F)s1. The van der Waals surface area contributed by atoms with Gasteiger partial charge in [0.15, 0.2) is 11.6 Å². The zero-order valence-corrected chi connectivity index (χ0v) is 10.4. The molecule has 104 valence electrons. The van der Waals surface area contributed by atoms with Gasteiger partial charge in [-0.15, -0.1) is 11.3 Å². The van der Waals surface area contributed by atoms with Gasteiger partial charge in [0.1, 0.15) is 10.7 Å². The molecule has 0 unspecified atom stereocenters. The minimum absolute atomic E-state index is 0.0218. The molecule has 1 aromatic heterocycles. The molecule has 0 aliphatic rings. The average molecular weight is 301 g/mol. The number of halogens is 3. The summed E-state index contributed by atoms with van der Waals surface area (Å²) in [5.41, 5.74) is -0.655. The Bertz CT molecular complexity index is 699. The zero-order chi connectivity index (χ0) is 14.9. The third kappa shape index (κ3) is 2.80. The van der Waals surface area contributed by atoms with E-state index in [1.807, 2.05) is 5.32 Å². The van der Waals surface area contributed by atoms with Gasteiger partial charge in [-0.3, -0.25) is 4.79 Å². The molecule has 8 heteroatoms. The molecular weight excluding hydrogens is 295 g/mol. The Hall–Kier alpha value is -2.35. The van der Waals surface area contributed by atoms with Crippen molar-refractivity contribution in [2.45, 2.75) is 0 Å². The van der Waals surface area contributed by atoms with Crippen LogP contribution in [0.5, 0.6) is 0 Å². The van der Waals surface area contributed by atoms with Crippen molar-refractivity contribution in [3.8, 4) is 0 Å². The highest BCUT2D eigenvalue weighted by atomic mass is 32.1. The van der Waals surface area contributed by atoms with Gasteiger partial charge in [-0.2, -0.15) is 0 Å². The second kappa shape index (κ2) is 5.33. The molecule has 0 spiro atoms. The molecule has 0 saturated heterocycles. The van der Waals surface area contributed by atoms with E-state index in [0.717, 1.165) is 0 Å². The summed E-state index contributed by atoms with van der Waals surface area (Å²) in [6.45, 7) is 0. The molecule has 4 nitrogen and oxygen atoms in total. The third-order valence-electron chi connectivity index (χ3n) is 2.28. The van der Waals surface area contributed by atoms with E-state index < -0.39 is 35.0 Å². The van der Waals surface area contributed by atoms with Crippen LogP contribution in [0.1, 0.15) is 19.3 Å². The molecule has 2 N–H and O–H groups in total. The predicted octanol–water partition coefficient (Wildman–Crippen LogP) is 3.12. The minimum Gasteiger partial charge on any atom is -0.477 e. The fourth-order valence-electron chi connectivity index (χ4n) is 1.41. The molecule has 0 aliphatic carbocycles. The third-order valence-corrected chi connectivity index (χ3v) is 3.35. The number of nitrogens with one attached hydrogen (secondary N) is 1. The Morgan fingerprint density at radius 1 is 1.10 bits per heavy atom. The molecule has 0 bridgehead atoms. The number of rotatable bonds is 3. The van der Waals surface area contributed by atoms with Crippen LogP contribution in [-0.2, 0) is 0 Å². The van der Waals surface area contributed by atoms with E-state index in [4.69, 9.17) is 5.11 Å². The maximum Gasteiger partial charge on any atom is 0.345 e. The molecule has 1 amide bonds. The quantitative estimate of drug-likeness (QED) is 0.856. The van der Waals surface area contributed by atoms with Crippen molar-refractivity contribution >= 4 is 28.9 Å². The molecule has 1 heterocycles. The number of carbonyl (C=O) groups is 2. The predicted molar refractivity (Wildman–Crippen MR) is 65.5 cm³/mol. The van der Waals surface area contributed by atoms with Crippen LogP contribution in [-0.4, -0.2) is 17.0 Å². The Morgan fingerprint density at radius 2 is 1.75 bits per heavy atom. The Morgan fingerprint density at radius 3 is 2.35 bits per heavy atom. The van der Waals surface area contributed by atoms with Gasteiger partial charge in [-0.25, -0.2) is 18.0 Å². The van der Waals surface area contributed by atoms with Crippen molar-refractivity contribution in [2.75, 3.05) is 5.32 Å². The van der Waals surface area contributed by atoms with E-state index in [0.29, 0.717) is 23.5 Å². The van der Waals surface area contributed by atoms with E-state index in [1.165, 1.54) is 12.1 Å². The lowest BCUT2D eigenvalue weighted by Crippen LogP contribution is -2.12. The molecule has 0 fully saturated rings. The van der Waals surface area contributed by atoms with Crippen molar-refractivity contribution in [1.82, 2.24) is 0 Å². The van der Waals surface area contributed by atoms with Gasteiger partial charge in [0.25, 0.3) is 5.91 Å². The maximum absolute atomic E-state index is 13.3. The van der Waals surface area contributed by atoms with Crippen LogP contribution in [0.3, 0.4) is 0 Å². The van der Waals surface area contributed by atoms with Crippen LogP contribution in [0.4, 0.5) is 18.9 Å². The van der Waals surface area contributed by atoms with E-state index in [1.54, 1.807) is 0 Å². The fourth-order valence-corrected chi connectivity index (χ4v) is 2.15. The highest BCUT2D eigenvalue weighted by Gasteiger charge is 2.17. The first kappa shape index (κ1) is 14.1. The number of hydrogen-bond acceptors (Lipinski definition) is 3. The summed E-state index contributed by atoms with van der Waals surface area (Å²) in [5, 5.41) is 10.7. The second-order valence-corrected chi connectivity index (χ2v) is 4.76. The molecule has 0 atom stereocenters. The second-order valence-electron chi connectivity index (χ2n) is 3.67. The number of aromatic carboxylic acids is 1. The van der Waals surface area contributed by atoms with E-state index in [9.17, 15) is 22.8 Å². The van der Waals surface area contributed by atoms with E-state index in [-0.39, 0.29) is 9.75 Å². The molecule has 0 radical (unpaired) electrons. The number of benzene rings is 1. The topological polar surface area (TPSA) is 66.4 Å². The smallest absolute Gasteiger partial charge is 0.345 e. The first-order valence-corrected chi connectivity index (χ1v) is 5.99. The van der Waals surface area contributed by atoms with Crippen LogP contribution < -0.4 is 5.32 Å². The first-order valence-electron chi connectivity index (χ1n) is 5.17. The van der Waals surface area contributed by atoms with E-state index >= 15 is 0 Å². The lowest BCUT2D eigenvalue weighted by molar-refractivity contribution is 0.0702. The number of carboxylic acid groups (broad SMARTS) is 1. The number of amides is 1. The summed E-state index contributed by atoms with van der Waals surface area (Å²) in [7, 11) is 0. The molecule has 1 aromatic carbocycles. The summed E-state index contributed by atoms with van der Waals surface area (Å²) in [5.74, 6) is -5.94. The molecule has 0 aliphatic heterocycles. The minimum atomic E-state index is -1.43. The monoisotopic (exact) mass is 301 g/mol. The lowest BCUT2D eigenvalue weighted by atomic mass is 10.2. The van der Waals surface area contributed by atoms with Crippen LogP contribution in [0, 0.1) is 17.5 Å². The zero-order valence-electron chi connectivity index (χ0n) is 9.62. The number of anilines is 1. The average Bonchev–Trinajstić information content (AvgIpc) is 2.85. The largest absolute Gasteiger partial charge is 0.477 e. The van der Waals surface area contributed by atoms with Gasteiger partial charge in [-0.05, 0) is 12.1 Å². The summed E-state index contributed by atoms with van der Waals surface area (Å²) < 4.78 is 39.2. The van der Waals surface area contributed by atoms with Gasteiger partial charge < -0.3 is 10.4 Å². The van der Waals surface area contributed by atoms with Crippen molar-refractivity contribution in [1.29, 1.82) is 0 Å². The summed E-state index contributed by atoms with van der Waals surface area (Å²) in [4.78, 5) is 22.3. The Balaban J connectivity index is 2.25. The summed E-state index contributed by atoms with van der Waals surface area (Å²) in [6.07, 6.45) is 0. The Labute approximate surface area is 114 Å². The van der Waals surface area contributed by atoms with Crippen LogP contribution in [0.25, 0.3) is 0 Å². The standard InChI is InChI=1S/C12H6F3NO3S/c13-5-3-6(14)10(15)7(4-5)16-11(17)8-1-2-9(20-8)12(18)19/h1-4H,(H,16,17)(H,18,19). The maximum atomic E-state index is 13.3. The molecule has 2 rings (SSSR count). The number of thiophene rings is 1. The van der Waals surface area contributed by atoms with Crippen molar-refractivity contribution in [3.05, 3.63) is 51.5 Å². The number of hydrogen-bond donors (Lipinski definition) is 2. The first-order chi connectivity index (χ1) is 9.38. The van der Waals surface area contributed by atoms with Gasteiger partial charge in [0, 0.05) is 12.1 Å². The Kier molecular flexibility index (Phi) is 3.75. The number of carbonyl (C=O) groups excluding carboxylic acids is 1. The molecule has 20 heavy (non-hydrogen) atoms. The highest BCUT2D eigenvalue weighted by molar-refractivity contribution is 7.15. The van der Waals surface area contributed by atoms with Gasteiger partial charge in [0.05, 0.1) is 10.6 Å². The van der Waals surface area contributed by atoms with Gasteiger partial charge in [0.2, 0.25) is 0 Å². The van der Waals surface area contributed by atoms with Crippen molar-refractivity contribution < 1.29 is 27.9 Å². The fraction of sp³-hybridized carbons (Fsp3) is 0.